The molecule has 126 valence electrons. The Morgan fingerprint density at radius 3 is 2.05 bits per heavy atom. The van der Waals surface area contributed by atoms with E-state index in [2.05, 4.69) is 4.90 Å². The van der Waals surface area contributed by atoms with Crippen molar-refractivity contribution in [2.75, 3.05) is 31.1 Å². The van der Waals surface area contributed by atoms with Gasteiger partial charge in [-0.2, -0.15) is 0 Å². The third-order valence-corrected chi connectivity index (χ3v) is 3.81. The lowest BCUT2D eigenvalue weighted by Gasteiger charge is -2.37. The molecule has 0 radical (unpaired) electrons. The molecule has 5 nitrogen and oxygen atoms in total. The summed E-state index contributed by atoms with van der Waals surface area (Å²) >= 11 is 0. The maximum absolute atomic E-state index is 12.2. The quantitative estimate of drug-likeness (QED) is 0.873. The molecule has 1 aromatic carbocycles. The number of hydrogen-bond donors (Lipinski definition) is 2. The van der Waals surface area contributed by atoms with Gasteiger partial charge in [-0.15, -0.1) is 24.8 Å². The van der Waals surface area contributed by atoms with E-state index in [1.165, 1.54) is 0 Å². The van der Waals surface area contributed by atoms with E-state index in [-0.39, 0.29) is 42.4 Å². The van der Waals surface area contributed by atoms with Gasteiger partial charge in [0.1, 0.15) is 5.75 Å². The lowest BCUT2D eigenvalue weighted by Crippen LogP contribution is -2.54. The van der Waals surface area contributed by atoms with Crippen molar-refractivity contribution in [2.45, 2.75) is 19.9 Å². The first kappa shape index (κ1) is 20.8. The SMILES string of the molecule is CC(C)[C@H](N)C(=O)N1CCN(c2ccc(O)cc2)CC1.Cl.Cl. The van der Waals surface area contributed by atoms with Crippen molar-refractivity contribution < 1.29 is 9.90 Å². The maximum Gasteiger partial charge on any atom is 0.239 e. The molecule has 2 rings (SSSR count). The van der Waals surface area contributed by atoms with Gasteiger partial charge < -0.3 is 20.6 Å². The fourth-order valence-corrected chi connectivity index (χ4v) is 2.34. The maximum atomic E-state index is 12.2. The van der Waals surface area contributed by atoms with Crippen LogP contribution in [0.1, 0.15) is 13.8 Å². The fraction of sp³-hybridized carbons (Fsp3) is 0.533. The lowest BCUT2D eigenvalue weighted by atomic mass is 10.0. The Bertz CT molecular complexity index is 460. The first-order chi connectivity index (χ1) is 9.49. The van der Waals surface area contributed by atoms with Crippen LogP contribution in [-0.2, 0) is 4.79 Å². The largest absolute Gasteiger partial charge is 0.508 e. The van der Waals surface area contributed by atoms with Gasteiger partial charge in [0.2, 0.25) is 5.91 Å². The number of piperazine rings is 1. The minimum atomic E-state index is -0.407. The minimum Gasteiger partial charge on any atom is -0.508 e. The summed E-state index contributed by atoms with van der Waals surface area (Å²) in [6.07, 6.45) is 0. The number of nitrogens with two attached hydrogens (primary N) is 1. The minimum absolute atomic E-state index is 0. The topological polar surface area (TPSA) is 69.8 Å². The zero-order valence-electron chi connectivity index (χ0n) is 12.9. The van der Waals surface area contributed by atoms with Crippen LogP contribution in [0.3, 0.4) is 0 Å². The molecule has 1 aliphatic rings. The monoisotopic (exact) mass is 349 g/mol. The van der Waals surface area contributed by atoms with Gasteiger partial charge in [-0.1, -0.05) is 13.8 Å². The Kier molecular flexibility index (Phi) is 8.60. The van der Waals surface area contributed by atoms with E-state index in [1.807, 2.05) is 30.9 Å². The predicted octanol–water partition coefficient (Wildman–Crippen LogP) is 1.87. The van der Waals surface area contributed by atoms with Gasteiger partial charge in [0.15, 0.2) is 0 Å². The van der Waals surface area contributed by atoms with E-state index in [0.717, 1.165) is 18.8 Å². The average molecular weight is 350 g/mol. The summed E-state index contributed by atoms with van der Waals surface area (Å²) in [5.41, 5.74) is 6.99. The summed E-state index contributed by atoms with van der Waals surface area (Å²) in [5, 5.41) is 9.30. The van der Waals surface area contributed by atoms with Crippen LogP contribution in [0.5, 0.6) is 5.75 Å². The highest BCUT2D eigenvalue weighted by molar-refractivity contribution is 5.85. The van der Waals surface area contributed by atoms with Gasteiger partial charge in [0, 0.05) is 31.9 Å². The third kappa shape index (κ3) is 4.93. The number of halogens is 2. The Hall–Kier alpha value is -1.17. The van der Waals surface area contributed by atoms with Crippen molar-refractivity contribution in [3.8, 4) is 5.75 Å². The standard InChI is InChI=1S/C15H23N3O2.2ClH/c1-11(2)14(16)15(20)18-9-7-17(8-10-18)12-3-5-13(19)6-4-12;;/h3-6,11,14,19H,7-10,16H2,1-2H3;2*1H/t14-;;/m0../s1. The van der Waals surface area contributed by atoms with Crippen molar-refractivity contribution in [3.05, 3.63) is 24.3 Å². The van der Waals surface area contributed by atoms with Crippen molar-refractivity contribution in [2.24, 2.45) is 11.7 Å². The van der Waals surface area contributed by atoms with Crippen LogP contribution in [0.2, 0.25) is 0 Å². The van der Waals surface area contributed by atoms with Crippen molar-refractivity contribution in [1.82, 2.24) is 4.90 Å². The number of rotatable bonds is 3. The van der Waals surface area contributed by atoms with Gasteiger partial charge in [0.05, 0.1) is 6.04 Å². The Labute approximate surface area is 144 Å². The molecule has 1 amide bonds. The third-order valence-electron chi connectivity index (χ3n) is 3.81. The highest BCUT2D eigenvalue weighted by atomic mass is 35.5. The summed E-state index contributed by atoms with van der Waals surface area (Å²) in [4.78, 5) is 16.2. The molecule has 0 bridgehead atoms. The number of phenolic OH excluding ortho intramolecular Hbond substituents is 1. The predicted molar refractivity (Wildman–Crippen MR) is 94.2 cm³/mol. The second kappa shape index (κ2) is 9.08. The van der Waals surface area contributed by atoms with E-state index in [1.54, 1.807) is 12.1 Å². The summed E-state index contributed by atoms with van der Waals surface area (Å²) < 4.78 is 0. The molecule has 1 heterocycles. The van der Waals surface area contributed by atoms with Gasteiger partial charge in [-0.25, -0.2) is 0 Å². The van der Waals surface area contributed by atoms with Crippen LogP contribution >= 0.6 is 24.8 Å². The second-order valence-corrected chi connectivity index (χ2v) is 5.60. The van der Waals surface area contributed by atoms with Gasteiger partial charge >= 0.3 is 0 Å². The van der Waals surface area contributed by atoms with Gasteiger partial charge in [-0.3, -0.25) is 4.79 Å². The number of carbonyl (C=O) groups excluding carboxylic acids is 1. The summed E-state index contributed by atoms with van der Waals surface area (Å²) in [5.74, 6) is 0.480. The molecule has 0 spiro atoms. The molecule has 0 saturated carbocycles. The van der Waals surface area contributed by atoms with Crippen molar-refractivity contribution >= 4 is 36.4 Å². The lowest BCUT2D eigenvalue weighted by molar-refractivity contribution is -0.133. The van der Waals surface area contributed by atoms with Crippen LogP contribution in [0.25, 0.3) is 0 Å². The summed E-state index contributed by atoms with van der Waals surface area (Å²) in [6.45, 7) is 6.91. The molecule has 1 aromatic rings. The first-order valence-corrected chi connectivity index (χ1v) is 7.07. The van der Waals surface area contributed by atoms with Crippen LogP contribution in [0.4, 0.5) is 5.69 Å². The molecular formula is C15H25Cl2N3O2. The van der Waals surface area contributed by atoms with Crippen LogP contribution in [0, 0.1) is 5.92 Å². The number of amides is 1. The van der Waals surface area contributed by atoms with E-state index in [9.17, 15) is 9.90 Å². The molecular weight excluding hydrogens is 325 g/mol. The molecule has 1 fully saturated rings. The van der Waals surface area contributed by atoms with E-state index in [4.69, 9.17) is 5.73 Å². The molecule has 0 aliphatic carbocycles. The van der Waals surface area contributed by atoms with Crippen LogP contribution in [0.15, 0.2) is 24.3 Å². The number of phenols is 1. The zero-order valence-corrected chi connectivity index (χ0v) is 14.6. The van der Waals surface area contributed by atoms with Gasteiger partial charge in [0.25, 0.3) is 0 Å². The number of nitrogens with zero attached hydrogens (tertiary/aromatic N) is 2. The van der Waals surface area contributed by atoms with Crippen LogP contribution in [-0.4, -0.2) is 48.1 Å². The average Bonchev–Trinajstić information content (AvgIpc) is 2.46. The number of hydrogen-bond acceptors (Lipinski definition) is 4. The Morgan fingerprint density at radius 2 is 1.59 bits per heavy atom. The highest BCUT2D eigenvalue weighted by Gasteiger charge is 2.26. The van der Waals surface area contributed by atoms with Crippen LogP contribution < -0.4 is 10.6 Å². The summed E-state index contributed by atoms with van der Waals surface area (Å²) in [7, 11) is 0. The number of aromatic hydroxyl groups is 1. The van der Waals surface area contributed by atoms with E-state index >= 15 is 0 Å². The normalized spacial score (nSPS) is 15.8. The number of anilines is 1. The number of benzene rings is 1. The van der Waals surface area contributed by atoms with E-state index < -0.39 is 6.04 Å². The molecule has 1 aliphatic heterocycles. The van der Waals surface area contributed by atoms with Gasteiger partial charge in [-0.05, 0) is 30.2 Å². The molecule has 0 unspecified atom stereocenters. The molecule has 3 N–H and O–H groups in total. The Balaban J connectivity index is 0.00000220. The van der Waals surface area contributed by atoms with E-state index in [0.29, 0.717) is 13.1 Å². The molecule has 1 saturated heterocycles. The smallest absolute Gasteiger partial charge is 0.239 e. The fourth-order valence-electron chi connectivity index (χ4n) is 2.34. The molecule has 1 atom stereocenters. The second-order valence-electron chi connectivity index (χ2n) is 5.60. The number of carbonyl (C=O) groups is 1. The van der Waals surface area contributed by atoms with Crippen molar-refractivity contribution in [3.63, 3.8) is 0 Å². The highest BCUT2D eigenvalue weighted by Crippen LogP contribution is 2.20. The Morgan fingerprint density at radius 1 is 1.09 bits per heavy atom. The molecule has 22 heavy (non-hydrogen) atoms. The molecule has 0 aromatic heterocycles. The summed E-state index contributed by atoms with van der Waals surface area (Å²) in [6, 6.07) is 6.75. The first-order valence-electron chi connectivity index (χ1n) is 7.07. The molecule has 7 heteroatoms. The zero-order chi connectivity index (χ0) is 14.7. The van der Waals surface area contributed by atoms with Crippen molar-refractivity contribution in [1.29, 1.82) is 0 Å².